The van der Waals surface area contributed by atoms with Crippen LogP contribution < -0.4 is 10.2 Å². The van der Waals surface area contributed by atoms with Crippen molar-refractivity contribution < 1.29 is 18.1 Å². The van der Waals surface area contributed by atoms with Crippen molar-refractivity contribution in [2.75, 3.05) is 4.90 Å². The number of alkyl halides is 3. The number of pyridine rings is 1. The number of non-ortho nitro benzene ring substituents is 1. The summed E-state index contributed by atoms with van der Waals surface area (Å²) < 4.78 is 42.6. The second kappa shape index (κ2) is 12.0. The Balaban J connectivity index is 1.38. The predicted molar refractivity (Wildman–Crippen MR) is 172 cm³/mol. The van der Waals surface area contributed by atoms with E-state index in [1.807, 2.05) is 71.8 Å². The van der Waals surface area contributed by atoms with Crippen molar-refractivity contribution >= 4 is 40.5 Å². The van der Waals surface area contributed by atoms with Gasteiger partial charge in [-0.2, -0.15) is 13.2 Å². The zero-order valence-electron chi connectivity index (χ0n) is 24.0. The Labute approximate surface area is 266 Å². The Morgan fingerprint density at radius 1 is 0.911 bits per heavy atom. The number of nitro benzene ring substituents is 1. The van der Waals surface area contributed by atoms with Crippen LogP contribution in [0.4, 0.5) is 24.5 Å². The number of benzene rings is 3. The van der Waals surface area contributed by atoms with Gasteiger partial charge in [-0.25, -0.2) is 0 Å². The zero-order valence-corrected chi connectivity index (χ0v) is 25.7. The molecule has 1 saturated heterocycles. The van der Waals surface area contributed by atoms with Crippen molar-refractivity contribution in [3.63, 3.8) is 0 Å². The summed E-state index contributed by atoms with van der Waals surface area (Å²) >= 11 is 7.36. The van der Waals surface area contributed by atoms with Crippen LogP contribution in [-0.2, 0) is 6.18 Å². The second-order valence-electron chi connectivity index (χ2n) is 10.6. The molecule has 2 aromatic heterocycles. The zero-order chi connectivity index (χ0) is 31.9. The third-order valence-corrected chi connectivity index (χ3v) is 9.05. The number of aryl methyl sites for hydroxylation is 1. The van der Waals surface area contributed by atoms with Crippen LogP contribution in [0.3, 0.4) is 0 Å². The van der Waals surface area contributed by atoms with Crippen LogP contribution in [0.25, 0.3) is 5.69 Å². The lowest BCUT2D eigenvalue weighted by molar-refractivity contribution is -0.384. The van der Waals surface area contributed by atoms with Gasteiger partial charge >= 0.3 is 6.18 Å². The molecule has 3 aromatic carbocycles. The highest BCUT2D eigenvalue weighted by atomic mass is 32.2. The average molecular weight is 646 g/mol. The van der Waals surface area contributed by atoms with Crippen LogP contribution in [0.15, 0.2) is 113 Å². The van der Waals surface area contributed by atoms with Gasteiger partial charge in [-0.05, 0) is 104 Å². The molecule has 2 unspecified atom stereocenters. The molecule has 1 aliphatic heterocycles. The van der Waals surface area contributed by atoms with Crippen LogP contribution >= 0.6 is 24.0 Å². The number of nitrogens with one attached hydrogen (secondary N) is 1. The Bertz CT molecular complexity index is 1880. The average Bonchev–Trinajstić information content (AvgIpc) is 3.52. The molecule has 5 aromatic rings. The molecular weight excluding hydrogens is 620 g/mol. The van der Waals surface area contributed by atoms with Gasteiger partial charge < -0.3 is 14.8 Å². The van der Waals surface area contributed by atoms with E-state index in [4.69, 9.17) is 12.2 Å². The number of halogens is 3. The van der Waals surface area contributed by atoms with Crippen LogP contribution in [0.1, 0.15) is 40.3 Å². The SMILES string of the molecule is Cc1cc(C2C(c3ccccn3)NC(=S)N2c2ccc(Sc3ccc([N+](=O)[O-])cc3)cc2)c(C)n1-c1cccc(C(F)(F)F)c1. The molecule has 0 aliphatic carbocycles. The minimum atomic E-state index is -4.46. The number of hydrogen-bond donors (Lipinski definition) is 1. The number of nitro groups is 1. The first-order valence-corrected chi connectivity index (χ1v) is 15.1. The van der Waals surface area contributed by atoms with Crippen LogP contribution in [0, 0.1) is 24.0 Å². The van der Waals surface area contributed by atoms with E-state index >= 15 is 0 Å². The lowest BCUT2D eigenvalue weighted by Gasteiger charge is -2.28. The molecule has 0 saturated carbocycles. The number of nitrogens with zero attached hydrogens (tertiary/aromatic N) is 4. The van der Waals surface area contributed by atoms with Crippen LogP contribution in [0.5, 0.6) is 0 Å². The monoisotopic (exact) mass is 645 g/mol. The largest absolute Gasteiger partial charge is 0.416 e. The summed E-state index contributed by atoms with van der Waals surface area (Å²) in [5.41, 5.74) is 3.83. The molecule has 2 atom stereocenters. The van der Waals surface area contributed by atoms with Gasteiger partial charge in [0.1, 0.15) is 0 Å². The fraction of sp³-hybridized carbons (Fsp3) is 0.152. The highest BCUT2D eigenvalue weighted by Crippen LogP contribution is 2.44. The van der Waals surface area contributed by atoms with Crippen molar-refractivity contribution in [1.82, 2.24) is 14.9 Å². The number of rotatable bonds is 7. The Kier molecular flexibility index (Phi) is 8.10. The fourth-order valence-electron chi connectivity index (χ4n) is 5.70. The fourth-order valence-corrected chi connectivity index (χ4v) is 6.86. The van der Waals surface area contributed by atoms with Crippen molar-refractivity contribution in [1.29, 1.82) is 0 Å². The first-order chi connectivity index (χ1) is 21.5. The van der Waals surface area contributed by atoms with Gasteiger partial charge in [-0.3, -0.25) is 15.1 Å². The Morgan fingerprint density at radius 2 is 1.60 bits per heavy atom. The van der Waals surface area contributed by atoms with Gasteiger partial charge in [0.2, 0.25) is 0 Å². The lowest BCUT2D eigenvalue weighted by atomic mass is 9.96. The van der Waals surface area contributed by atoms with Crippen LogP contribution in [-0.4, -0.2) is 19.6 Å². The second-order valence-corrected chi connectivity index (χ2v) is 12.1. The molecular formula is C33H26F3N5O2S2. The third-order valence-electron chi connectivity index (χ3n) is 7.72. The molecule has 0 radical (unpaired) electrons. The molecule has 1 aliphatic rings. The van der Waals surface area contributed by atoms with E-state index in [-0.39, 0.29) is 17.8 Å². The van der Waals surface area contributed by atoms with Crippen LogP contribution in [0.2, 0.25) is 0 Å². The molecule has 12 heteroatoms. The van der Waals surface area contributed by atoms with E-state index in [0.29, 0.717) is 10.8 Å². The van der Waals surface area contributed by atoms with E-state index < -0.39 is 16.7 Å². The number of aromatic nitrogens is 2. The molecule has 0 bridgehead atoms. The van der Waals surface area contributed by atoms with Crippen molar-refractivity contribution in [3.05, 3.63) is 142 Å². The Hall–Kier alpha value is -4.68. The standard InChI is InChI=1S/C33H26F3N5O2S2/c1-20-18-28(21(2)39(20)25-7-5-6-22(19-25)33(34,35)36)31-30(29-8-3-4-17-37-29)38-32(44)40(31)23-9-13-26(14-10-23)45-27-15-11-24(12-16-27)41(42)43/h3-19,30-31H,1-2H3,(H,38,44). The molecule has 45 heavy (non-hydrogen) atoms. The summed E-state index contributed by atoms with van der Waals surface area (Å²) in [5.74, 6) is 0. The maximum absolute atomic E-state index is 13.6. The summed E-state index contributed by atoms with van der Waals surface area (Å²) in [5, 5.41) is 14.9. The maximum Gasteiger partial charge on any atom is 0.416 e. The molecule has 3 heterocycles. The van der Waals surface area contributed by atoms with E-state index in [0.717, 1.165) is 50.3 Å². The summed E-state index contributed by atoms with van der Waals surface area (Å²) in [6.45, 7) is 3.78. The van der Waals surface area contributed by atoms with Gasteiger partial charge in [0, 0.05) is 50.9 Å². The minimum Gasteiger partial charge on any atom is -0.351 e. The number of hydrogen-bond acceptors (Lipinski definition) is 5. The topological polar surface area (TPSA) is 76.2 Å². The van der Waals surface area contributed by atoms with E-state index in [2.05, 4.69) is 10.3 Å². The van der Waals surface area contributed by atoms with Gasteiger partial charge in [0.05, 0.1) is 28.3 Å². The van der Waals surface area contributed by atoms with Crippen molar-refractivity contribution in [3.8, 4) is 5.69 Å². The predicted octanol–water partition coefficient (Wildman–Crippen LogP) is 8.74. The van der Waals surface area contributed by atoms with E-state index in [1.165, 1.54) is 30.0 Å². The van der Waals surface area contributed by atoms with E-state index in [9.17, 15) is 23.3 Å². The maximum atomic E-state index is 13.6. The van der Waals surface area contributed by atoms with Crippen molar-refractivity contribution in [2.45, 2.75) is 41.9 Å². The van der Waals surface area contributed by atoms with Gasteiger partial charge in [0.15, 0.2) is 5.11 Å². The summed E-state index contributed by atoms with van der Waals surface area (Å²) in [7, 11) is 0. The molecule has 1 N–H and O–H groups in total. The summed E-state index contributed by atoms with van der Waals surface area (Å²) in [4.78, 5) is 19.0. The molecule has 1 fully saturated rings. The quantitative estimate of drug-likeness (QED) is 0.108. The molecule has 0 spiro atoms. The minimum absolute atomic E-state index is 0.0330. The molecule has 6 rings (SSSR count). The van der Waals surface area contributed by atoms with Gasteiger partial charge in [0.25, 0.3) is 5.69 Å². The highest BCUT2D eigenvalue weighted by molar-refractivity contribution is 7.99. The van der Waals surface area contributed by atoms with Gasteiger partial charge in [-0.15, -0.1) is 0 Å². The summed E-state index contributed by atoms with van der Waals surface area (Å²) in [6.07, 6.45) is -2.74. The first kappa shape index (κ1) is 30.4. The highest BCUT2D eigenvalue weighted by Gasteiger charge is 2.42. The normalized spacial score (nSPS) is 16.6. The Morgan fingerprint density at radius 3 is 2.22 bits per heavy atom. The van der Waals surface area contributed by atoms with E-state index in [1.54, 1.807) is 24.4 Å². The first-order valence-electron chi connectivity index (χ1n) is 13.9. The number of anilines is 1. The third kappa shape index (κ3) is 6.03. The van der Waals surface area contributed by atoms with Crippen molar-refractivity contribution in [2.24, 2.45) is 0 Å². The smallest absolute Gasteiger partial charge is 0.351 e. The van der Waals surface area contributed by atoms with Gasteiger partial charge in [-0.1, -0.05) is 23.9 Å². The lowest BCUT2D eigenvalue weighted by Crippen LogP contribution is -2.29. The summed E-state index contributed by atoms with van der Waals surface area (Å²) in [6, 6.07) is 26.5. The molecule has 7 nitrogen and oxygen atoms in total. The number of thiocarbonyl (C=S) groups is 1. The molecule has 228 valence electrons. The molecule has 0 amide bonds.